The molecule has 4 nitrogen and oxygen atoms in total. The Balaban J connectivity index is 0.000000151. The number of cyclic esters (lactones) is 2. The fourth-order valence-corrected chi connectivity index (χ4v) is 0.965. The molecule has 1 saturated heterocycles. The summed E-state index contributed by atoms with van der Waals surface area (Å²) >= 11 is 0. The summed E-state index contributed by atoms with van der Waals surface area (Å²) in [5.41, 5.74) is 0.729. The van der Waals surface area contributed by atoms with Crippen LogP contribution in [0.4, 0.5) is 0 Å². The Bertz CT molecular complexity index is 342. The summed E-state index contributed by atoms with van der Waals surface area (Å²) in [7, 11) is 0. The van der Waals surface area contributed by atoms with Crippen molar-refractivity contribution in [2.75, 3.05) is 0 Å². The fraction of sp³-hybridized carbons (Fsp3) is 0.182. The van der Waals surface area contributed by atoms with Gasteiger partial charge < -0.3 is 4.74 Å². The highest BCUT2D eigenvalue weighted by Crippen LogP contribution is 2.03. The van der Waals surface area contributed by atoms with Crippen LogP contribution in [0.1, 0.15) is 23.2 Å². The molecule has 1 aromatic carbocycles. The topological polar surface area (TPSA) is 60.4 Å². The second-order valence-corrected chi connectivity index (χ2v) is 2.87. The molecule has 0 atom stereocenters. The van der Waals surface area contributed by atoms with Crippen LogP contribution in [0.25, 0.3) is 0 Å². The largest absolute Gasteiger partial charge is 0.393 e. The van der Waals surface area contributed by atoms with Gasteiger partial charge in [-0.25, -0.2) is 0 Å². The van der Waals surface area contributed by atoms with E-state index in [1.165, 1.54) is 0 Å². The molecule has 0 N–H and O–H groups in total. The van der Waals surface area contributed by atoms with Gasteiger partial charge in [0.1, 0.15) is 6.29 Å². The van der Waals surface area contributed by atoms with Crippen molar-refractivity contribution in [2.24, 2.45) is 0 Å². The van der Waals surface area contributed by atoms with E-state index in [2.05, 4.69) is 4.74 Å². The van der Waals surface area contributed by atoms with Crippen molar-refractivity contribution in [2.45, 2.75) is 12.8 Å². The molecule has 1 aliphatic rings. The number of hydrogen-bond donors (Lipinski definition) is 0. The van der Waals surface area contributed by atoms with Gasteiger partial charge in [0.2, 0.25) is 0 Å². The van der Waals surface area contributed by atoms with Crippen LogP contribution in [0.3, 0.4) is 0 Å². The van der Waals surface area contributed by atoms with E-state index in [0.29, 0.717) is 0 Å². The van der Waals surface area contributed by atoms with Crippen LogP contribution in [-0.4, -0.2) is 18.2 Å². The van der Waals surface area contributed by atoms with Crippen LogP contribution in [-0.2, 0) is 14.3 Å². The van der Waals surface area contributed by atoms with E-state index in [1.807, 2.05) is 18.2 Å². The number of hydrogen-bond acceptors (Lipinski definition) is 4. The lowest BCUT2D eigenvalue weighted by Crippen LogP contribution is -1.94. The van der Waals surface area contributed by atoms with Crippen molar-refractivity contribution in [1.29, 1.82) is 0 Å². The van der Waals surface area contributed by atoms with Crippen molar-refractivity contribution in [3.8, 4) is 0 Å². The van der Waals surface area contributed by atoms with Gasteiger partial charge in [-0.15, -0.1) is 0 Å². The van der Waals surface area contributed by atoms with Crippen LogP contribution < -0.4 is 0 Å². The Labute approximate surface area is 86.9 Å². The lowest BCUT2D eigenvalue weighted by atomic mass is 10.2. The van der Waals surface area contributed by atoms with E-state index in [-0.39, 0.29) is 12.8 Å². The van der Waals surface area contributed by atoms with Crippen LogP contribution in [0, 0.1) is 0 Å². The van der Waals surface area contributed by atoms with E-state index in [1.54, 1.807) is 12.1 Å². The molecule has 0 unspecified atom stereocenters. The second kappa shape index (κ2) is 5.70. The molecule has 0 radical (unpaired) electrons. The van der Waals surface area contributed by atoms with Crippen molar-refractivity contribution in [3.63, 3.8) is 0 Å². The number of esters is 2. The highest BCUT2D eigenvalue weighted by Gasteiger charge is 2.19. The minimum atomic E-state index is -0.398. The fourth-order valence-electron chi connectivity index (χ4n) is 0.965. The number of carbonyl (C=O) groups excluding carboxylic acids is 3. The van der Waals surface area contributed by atoms with E-state index in [0.717, 1.165) is 11.8 Å². The number of rotatable bonds is 1. The molecule has 1 heterocycles. The van der Waals surface area contributed by atoms with Gasteiger partial charge in [-0.3, -0.25) is 14.4 Å². The van der Waals surface area contributed by atoms with Crippen LogP contribution in [0.2, 0.25) is 0 Å². The summed E-state index contributed by atoms with van der Waals surface area (Å²) in [6.07, 6.45) is 1.36. The maximum Gasteiger partial charge on any atom is 0.314 e. The molecular weight excluding hydrogens is 196 g/mol. The van der Waals surface area contributed by atoms with Gasteiger partial charge in [0.15, 0.2) is 0 Å². The molecule has 0 bridgehead atoms. The summed E-state index contributed by atoms with van der Waals surface area (Å²) in [5, 5.41) is 0. The second-order valence-electron chi connectivity index (χ2n) is 2.87. The number of carbonyl (C=O) groups is 3. The highest BCUT2D eigenvalue weighted by molar-refractivity contribution is 5.92. The molecular formula is C11H10O4. The molecule has 1 fully saturated rings. The first kappa shape index (κ1) is 11.1. The average molecular weight is 206 g/mol. The van der Waals surface area contributed by atoms with E-state index >= 15 is 0 Å². The van der Waals surface area contributed by atoms with E-state index in [9.17, 15) is 14.4 Å². The Morgan fingerprint density at radius 3 is 1.80 bits per heavy atom. The van der Waals surface area contributed by atoms with E-state index < -0.39 is 11.9 Å². The smallest absolute Gasteiger partial charge is 0.314 e. The van der Waals surface area contributed by atoms with E-state index in [4.69, 9.17) is 0 Å². The Hall–Kier alpha value is -1.97. The Kier molecular flexibility index (Phi) is 4.22. The zero-order valence-electron chi connectivity index (χ0n) is 8.01. The summed E-state index contributed by atoms with van der Waals surface area (Å²) in [6.45, 7) is 0. The molecule has 15 heavy (non-hydrogen) atoms. The lowest BCUT2D eigenvalue weighted by molar-refractivity contribution is -0.151. The number of benzene rings is 1. The zero-order valence-corrected chi connectivity index (χ0v) is 8.01. The van der Waals surface area contributed by atoms with Gasteiger partial charge in [-0.05, 0) is 0 Å². The van der Waals surface area contributed by atoms with Crippen molar-refractivity contribution in [1.82, 2.24) is 0 Å². The number of aldehydes is 1. The number of ether oxygens (including phenoxy) is 1. The molecule has 0 saturated carbocycles. The molecule has 1 aromatic rings. The Morgan fingerprint density at radius 1 is 1.00 bits per heavy atom. The third-order valence-corrected chi connectivity index (χ3v) is 1.70. The quantitative estimate of drug-likeness (QED) is 0.395. The van der Waals surface area contributed by atoms with Gasteiger partial charge in [-0.2, -0.15) is 0 Å². The first-order valence-corrected chi connectivity index (χ1v) is 4.46. The average Bonchev–Trinajstić information content (AvgIpc) is 2.65. The summed E-state index contributed by atoms with van der Waals surface area (Å²) in [5.74, 6) is -0.796. The summed E-state index contributed by atoms with van der Waals surface area (Å²) < 4.78 is 4.08. The molecule has 1 aliphatic heterocycles. The summed E-state index contributed by atoms with van der Waals surface area (Å²) in [4.78, 5) is 30.0. The Morgan fingerprint density at radius 2 is 1.53 bits per heavy atom. The predicted molar refractivity (Wildman–Crippen MR) is 52.2 cm³/mol. The maximum absolute atomic E-state index is 10.0. The highest BCUT2D eigenvalue weighted by atomic mass is 16.6. The van der Waals surface area contributed by atoms with Crippen LogP contribution >= 0.6 is 0 Å². The zero-order chi connectivity index (χ0) is 11.1. The maximum atomic E-state index is 10.0. The molecule has 0 amide bonds. The van der Waals surface area contributed by atoms with Gasteiger partial charge in [0, 0.05) is 5.56 Å². The molecule has 4 heteroatoms. The molecule has 78 valence electrons. The van der Waals surface area contributed by atoms with Crippen molar-refractivity contribution in [3.05, 3.63) is 35.9 Å². The predicted octanol–water partition coefficient (Wildman–Crippen LogP) is 1.35. The van der Waals surface area contributed by atoms with Gasteiger partial charge >= 0.3 is 11.9 Å². The third kappa shape index (κ3) is 4.17. The minimum Gasteiger partial charge on any atom is -0.393 e. The molecule has 0 spiro atoms. The van der Waals surface area contributed by atoms with Gasteiger partial charge in [-0.1, -0.05) is 30.3 Å². The van der Waals surface area contributed by atoms with Crippen molar-refractivity contribution < 1.29 is 19.1 Å². The van der Waals surface area contributed by atoms with Gasteiger partial charge in [0.05, 0.1) is 12.8 Å². The van der Waals surface area contributed by atoms with Crippen LogP contribution in [0.15, 0.2) is 30.3 Å². The monoisotopic (exact) mass is 206 g/mol. The minimum absolute atomic E-state index is 0.263. The molecule has 0 aromatic heterocycles. The first-order chi connectivity index (χ1) is 7.22. The lowest BCUT2D eigenvalue weighted by Gasteiger charge is -1.81. The van der Waals surface area contributed by atoms with Crippen LogP contribution in [0.5, 0.6) is 0 Å². The van der Waals surface area contributed by atoms with Crippen molar-refractivity contribution >= 4 is 18.2 Å². The normalized spacial score (nSPS) is 13.9. The first-order valence-electron chi connectivity index (χ1n) is 4.46. The third-order valence-electron chi connectivity index (χ3n) is 1.70. The standard InChI is InChI=1S/C7H6O.C4H4O3/c8-6-7-4-2-1-3-5-7;5-3-1-2-4(6)7-3/h1-6H;1-2H2. The molecule has 0 aliphatic carbocycles. The molecule has 2 rings (SSSR count). The SMILES string of the molecule is O=C1CCC(=O)O1.O=Cc1ccccc1. The van der Waals surface area contributed by atoms with Gasteiger partial charge in [0.25, 0.3) is 0 Å². The summed E-state index contributed by atoms with van der Waals surface area (Å²) in [6, 6.07) is 9.10.